The van der Waals surface area contributed by atoms with Gasteiger partial charge in [-0.2, -0.15) is 0 Å². The molecule has 0 radical (unpaired) electrons. The summed E-state index contributed by atoms with van der Waals surface area (Å²) in [5, 5.41) is 12.4. The number of likely N-dealkylation sites (tertiary alicyclic amines) is 1. The molecule has 2 aromatic carbocycles. The summed E-state index contributed by atoms with van der Waals surface area (Å²) in [5.41, 5.74) is 4.08. The van der Waals surface area contributed by atoms with Crippen molar-refractivity contribution in [1.82, 2.24) is 10.2 Å². The third kappa shape index (κ3) is 4.52. The van der Waals surface area contributed by atoms with Crippen molar-refractivity contribution in [2.24, 2.45) is 11.3 Å². The second-order valence-corrected chi connectivity index (χ2v) is 9.97. The molecule has 2 unspecified atom stereocenters. The maximum atomic E-state index is 13.0. The number of amides is 2. The van der Waals surface area contributed by atoms with E-state index in [-0.39, 0.29) is 25.0 Å². The van der Waals surface area contributed by atoms with Crippen molar-refractivity contribution in [2.45, 2.75) is 45.6 Å². The second kappa shape index (κ2) is 9.49. The molecule has 2 N–H and O–H groups in total. The normalized spacial score (nSPS) is 19.6. The van der Waals surface area contributed by atoms with Crippen LogP contribution in [0.2, 0.25) is 0 Å². The molecule has 0 bridgehead atoms. The van der Waals surface area contributed by atoms with Gasteiger partial charge in [-0.1, -0.05) is 69.3 Å². The van der Waals surface area contributed by atoms with Crippen molar-refractivity contribution >= 4 is 18.0 Å². The molecule has 1 fully saturated rings. The summed E-state index contributed by atoms with van der Waals surface area (Å²) in [4.78, 5) is 38.8. The minimum absolute atomic E-state index is 0.0379. The summed E-state index contributed by atoms with van der Waals surface area (Å²) in [7, 11) is 0. The number of piperidine rings is 1. The maximum Gasteiger partial charge on any atom is 0.407 e. The Bertz CT molecular complexity index is 1050. The van der Waals surface area contributed by atoms with E-state index >= 15 is 0 Å². The van der Waals surface area contributed by atoms with Gasteiger partial charge in [0.15, 0.2) is 0 Å². The van der Waals surface area contributed by atoms with Crippen LogP contribution in [0.4, 0.5) is 4.79 Å². The lowest BCUT2D eigenvalue weighted by Crippen LogP contribution is -2.58. The van der Waals surface area contributed by atoms with E-state index in [1.165, 1.54) is 4.90 Å². The summed E-state index contributed by atoms with van der Waals surface area (Å²) in [6.07, 6.45) is 0.921. The standard InChI is InChI=1S/C27H32N2O5/c1-17(24(30)29-14-8-13-27(2,3)23(29)25(31)32)15-28-26(33)34-16-22-20-11-6-4-9-18(20)19-10-5-7-12-21(19)22/h4-7,9-12,17,22-23H,8,13-16H2,1-3H3,(H,28,33)(H,31,32). The molecule has 1 saturated heterocycles. The number of aliphatic carboxylic acids is 1. The van der Waals surface area contributed by atoms with E-state index in [2.05, 4.69) is 29.6 Å². The van der Waals surface area contributed by atoms with Gasteiger partial charge in [0.25, 0.3) is 0 Å². The molecule has 0 spiro atoms. The van der Waals surface area contributed by atoms with Gasteiger partial charge in [0.2, 0.25) is 5.91 Å². The van der Waals surface area contributed by atoms with Gasteiger partial charge < -0.3 is 20.1 Å². The van der Waals surface area contributed by atoms with Crippen LogP contribution >= 0.6 is 0 Å². The number of ether oxygens (including phenoxy) is 1. The van der Waals surface area contributed by atoms with Crippen LogP contribution in [-0.4, -0.2) is 53.7 Å². The van der Waals surface area contributed by atoms with Crippen LogP contribution in [0.25, 0.3) is 11.1 Å². The van der Waals surface area contributed by atoms with Crippen LogP contribution < -0.4 is 5.32 Å². The van der Waals surface area contributed by atoms with Crippen molar-refractivity contribution in [3.8, 4) is 11.1 Å². The van der Waals surface area contributed by atoms with Crippen LogP contribution in [0.5, 0.6) is 0 Å². The highest BCUT2D eigenvalue weighted by molar-refractivity contribution is 5.86. The number of alkyl carbamates (subject to hydrolysis) is 1. The zero-order chi connectivity index (χ0) is 24.5. The zero-order valence-corrected chi connectivity index (χ0v) is 19.9. The molecule has 1 aliphatic carbocycles. The zero-order valence-electron chi connectivity index (χ0n) is 19.9. The molecule has 2 atom stereocenters. The van der Waals surface area contributed by atoms with E-state index in [4.69, 9.17) is 4.74 Å². The molecule has 34 heavy (non-hydrogen) atoms. The average molecular weight is 465 g/mol. The molecule has 4 rings (SSSR count). The fourth-order valence-electron chi connectivity index (χ4n) is 5.35. The highest BCUT2D eigenvalue weighted by Crippen LogP contribution is 2.44. The Morgan fingerprint density at radius 1 is 1.09 bits per heavy atom. The van der Waals surface area contributed by atoms with Crippen molar-refractivity contribution in [2.75, 3.05) is 19.7 Å². The molecule has 1 heterocycles. The topological polar surface area (TPSA) is 95.9 Å². The number of carboxylic acid groups (broad SMARTS) is 1. The number of carboxylic acids is 1. The Hall–Kier alpha value is -3.35. The third-order valence-corrected chi connectivity index (χ3v) is 7.11. The first kappa shape index (κ1) is 23.8. The summed E-state index contributed by atoms with van der Waals surface area (Å²) in [5.74, 6) is -1.85. The summed E-state index contributed by atoms with van der Waals surface area (Å²) in [6, 6.07) is 15.4. The van der Waals surface area contributed by atoms with Crippen LogP contribution in [0.3, 0.4) is 0 Å². The Labute approximate surface area is 200 Å². The third-order valence-electron chi connectivity index (χ3n) is 7.11. The van der Waals surface area contributed by atoms with E-state index in [9.17, 15) is 19.5 Å². The summed E-state index contributed by atoms with van der Waals surface area (Å²) in [6.45, 7) is 6.15. The maximum absolute atomic E-state index is 13.0. The SMILES string of the molecule is CC(CNC(=O)OCC1c2ccccc2-c2ccccc21)C(=O)N1CCCC(C)(C)C1C(=O)O. The summed E-state index contributed by atoms with van der Waals surface area (Å²) >= 11 is 0. The number of rotatable bonds is 6. The molecule has 7 heteroatoms. The number of hydrogen-bond donors (Lipinski definition) is 2. The van der Waals surface area contributed by atoms with Gasteiger partial charge in [-0.05, 0) is 40.5 Å². The minimum atomic E-state index is -0.991. The molecule has 2 aromatic rings. The smallest absolute Gasteiger partial charge is 0.407 e. The van der Waals surface area contributed by atoms with Gasteiger partial charge in [0.05, 0.1) is 5.92 Å². The quantitative estimate of drug-likeness (QED) is 0.666. The van der Waals surface area contributed by atoms with Gasteiger partial charge in [-0.25, -0.2) is 9.59 Å². The van der Waals surface area contributed by atoms with Crippen molar-refractivity contribution in [3.05, 3.63) is 59.7 Å². The van der Waals surface area contributed by atoms with Crippen LogP contribution in [0.15, 0.2) is 48.5 Å². The van der Waals surface area contributed by atoms with Crippen LogP contribution in [-0.2, 0) is 14.3 Å². The largest absolute Gasteiger partial charge is 0.480 e. The lowest BCUT2D eigenvalue weighted by Gasteiger charge is -2.44. The molecule has 0 saturated carbocycles. The van der Waals surface area contributed by atoms with E-state index in [0.29, 0.717) is 6.54 Å². The number of fused-ring (bicyclic) bond motifs is 3. The van der Waals surface area contributed by atoms with Gasteiger partial charge in [-0.15, -0.1) is 0 Å². The number of benzene rings is 2. The van der Waals surface area contributed by atoms with Crippen molar-refractivity contribution < 1.29 is 24.2 Å². The minimum Gasteiger partial charge on any atom is -0.480 e. The molecule has 0 aromatic heterocycles. The van der Waals surface area contributed by atoms with Crippen LogP contribution in [0, 0.1) is 11.3 Å². The van der Waals surface area contributed by atoms with Crippen molar-refractivity contribution in [3.63, 3.8) is 0 Å². The molecular weight excluding hydrogens is 432 g/mol. The van der Waals surface area contributed by atoms with Gasteiger partial charge in [-0.3, -0.25) is 4.79 Å². The lowest BCUT2D eigenvalue weighted by molar-refractivity contribution is -0.160. The second-order valence-electron chi connectivity index (χ2n) is 9.97. The molecule has 2 aliphatic rings. The van der Waals surface area contributed by atoms with E-state index in [0.717, 1.165) is 35.1 Å². The van der Waals surface area contributed by atoms with Crippen molar-refractivity contribution in [1.29, 1.82) is 0 Å². The Balaban J connectivity index is 1.34. The highest BCUT2D eigenvalue weighted by atomic mass is 16.5. The van der Waals surface area contributed by atoms with E-state index in [1.54, 1.807) is 6.92 Å². The predicted octanol–water partition coefficient (Wildman–Crippen LogP) is 4.26. The highest BCUT2D eigenvalue weighted by Gasteiger charge is 2.45. The molecule has 2 amide bonds. The monoisotopic (exact) mass is 464 g/mol. The molecule has 7 nitrogen and oxygen atoms in total. The van der Waals surface area contributed by atoms with Gasteiger partial charge in [0, 0.05) is 19.0 Å². The average Bonchev–Trinajstić information content (AvgIpc) is 3.13. The number of carbonyl (C=O) groups is 3. The van der Waals surface area contributed by atoms with Gasteiger partial charge in [0.1, 0.15) is 12.6 Å². The number of nitrogens with zero attached hydrogens (tertiary/aromatic N) is 1. The number of carbonyl (C=O) groups excluding carboxylic acids is 2. The van der Waals surface area contributed by atoms with E-state index < -0.39 is 29.4 Å². The lowest BCUT2D eigenvalue weighted by atomic mass is 9.76. The van der Waals surface area contributed by atoms with Crippen LogP contribution in [0.1, 0.15) is 50.7 Å². The molecule has 180 valence electrons. The van der Waals surface area contributed by atoms with E-state index in [1.807, 2.05) is 38.1 Å². The molecular formula is C27H32N2O5. The molecule has 1 aliphatic heterocycles. The fraction of sp³-hybridized carbons (Fsp3) is 0.444. The Morgan fingerprint density at radius 3 is 2.26 bits per heavy atom. The first-order valence-corrected chi connectivity index (χ1v) is 11.8. The number of nitrogens with one attached hydrogen (secondary N) is 1. The Morgan fingerprint density at radius 2 is 1.68 bits per heavy atom. The predicted molar refractivity (Wildman–Crippen MR) is 128 cm³/mol. The first-order valence-electron chi connectivity index (χ1n) is 11.8. The Kier molecular flexibility index (Phi) is 6.64. The number of hydrogen-bond acceptors (Lipinski definition) is 4. The van der Waals surface area contributed by atoms with Gasteiger partial charge >= 0.3 is 12.1 Å². The summed E-state index contributed by atoms with van der Waals surface area (Å²) < 4.78 is 5.54. The fourth-order valence-corrected chi connectivity index (χ4v) is 5.35. The first-order chi connectivity index (χ1) is 16.2.